The Morgan fingerprint density at radius 2 is 2.05 bits per heavy atom. The molecule has 1 heterocycles. The number of amides is 1. The van der Waals surface area contributed by atoms with Crippen LogP contribution >= 0.6 is 0 Å². The van der Waals surface area contributed by atoms with Gasteiger partial charge in [0.2, 0.25) is 0 Å². The summed E-state index contributed by atoms with van der Waals surface area (Å²) in [5, 5.41) is 0. The minimum Gasteiger partial charge on any atom is -0.467 e. The summed E-state index contributed by atoms with van der Waals surface area (Å²) in [6.07, 6.45) is 1.49. The minimum absolute atomic E-state index is 0.291. The van der Waals surface area contributed by atoms with Crippen molar-refractivity contribution in [3.8, 4) is 0 Å². The molecular formula is C14H13F2NO2. The Kier molecular flexibility index (Phi) is 3.64. The molecule has 2 rings (SSSR count). The first-order valence-electron chi connectivity index (χ1n) is 5.76. The highest BCUT2D eigenvalue weighted by Crippen LogP contribution is 2.22. The van der Waals surface area contributed by atoms with Crippen LogP contribution in [-0.2, 0) is 0 Å². The number of hydrogen-bond acceptors (Lipinski definition) is 2. The molecule has 0 saturated heterocycles. The topological polar surface area (TPSA) is 33.5 Å². The first kappa shape index (κ1) is 13.3. The highest BCUT2D eigenvalue weighted by molar-refractivity contribution is 5.94. The van der Waals surface area contributed by atoms with Crippen LogP contribution in [0.1, 0.15) is 29.1 Å². The monoisotopic (exact) mass is 265 g/mol. The van der Waals surface area contributed by atoms with Crippen molar-refractivity contribution in [1.82, 2.24) is 4.90 Å². The molecule has 0 aliphatic heterocycles. The maximum atomic E-state index is 13.5. The highest BCUT2D eigenvalue weighted by atomic mass is 19.1. The van der Waals surface area contributed by atoms with Crippen molar-refractivity contribution in [3.63, 3.8) is 0 Å². The van der Waals surface area contributed by atoms with E-state index in [9.17, 15) is 13.6 Å². The van der Waals surface area contributed by atoms with Crippen molar-refractivity contribution in [3.05, 3.63) is 59.6 Å². The Labute approximate surface area is 109 Å². The van der Waals surface area contributed by atoms with Gasteiger partial charge in [0.15, 0.2) is 0 Å². The van der Waals surface area contributed by atoms with Gasteiger partial charge in [-0.25, -0.2) is 8.78 Å². The highest BCUT2D eigenvalue weighted by Gasteiger charge is 2.23. The number of carbonyl (C=O) groups is 1. The molecule has 1 unspecified atom stereocenters. The predicted molar refractivity (Wildman–Crippen MR) is 65.6 cm³/mol. The van der Waals surface area contributed by atoms with Crippen molar-refractivity contribution in [1.29, 1.82) is 0 Å². The van der Waals surface area contributed by atoms with Gasteiger partial charge in [-0.15, -0.1) is 0 Å². The quantitative estimate of drug-likeness (QED) is 0.852. The molecule has 19 heavy (non-hydrogen) atoms. The molecule has 0 aliphatic carbocycles. The molecule has 2 aromatic rings. The number of halogens is 2. The van der Waals surface area contributed by atoms with Crippen LogP contribution in [0.5, 0.6) is 0 Å². The summed E-state index contributed by atoms with van der Waals surface area (Å²) in [6, 6.07) is 5.85. The van der Waals surface area contributed by atoms with Gasteiger partial charge in [0.1, 0.15) is 17.4 Å². The molecule has 5 heteroatoms. The van der Waals surface area contributed by atoms with Crippen LogP contribution in [0.2, 0.25) is 0 Å². The third-order valence-corrected chi connectivity index (χ3v) is 3.02. The third kappa shape index (κ3) is 2.65. The summed E-state index contributed by atoms with van der Waals surface area (Å²) in [4.78, 5) is 13.4. The second-order valence-electron chi connectivity index (χ2n) is 4.23. The first-order chi connectivity index (χ1) is 9.00. The molecule has 0 saturated carbocycles. The van der Waals surface area contributed by atoms with Gasteiger partial charge in [0.05, 0.1) is 17.9 Å². The molecule has 0 spiro atoms. The molecule has 1 amide bonds. The average molecular weight is 265 g/mol. The predicted octanol–water partition coefficient (Wildman–Crippen LogP) is 3.39. The van der Waals surface area contributed by atoms with Crippen molar-refractivity contribution >= 4 is 5.91 Å². The normalized spacial score (nSPS) is 12.2. The molecule has 0 N–H and O–H groups in total. The smallest absolute Gasteiger partial charge is 0.257 e. The van der Waals surface area contributed by atoms with Crippen LogP contribution in [-0.4, -0.2) is 17.9 Å². The number of rotatable bonds is 3. The summed E-state index contributed by atoms with van der Waals surface area (Å²) >= 11 is 0. The lowest BCUT2D eigenvalue weighted by Gasteiger charge is -2.23. The van der Waals surface area contributed by atoms with Gasteiger partial charge in [-0.3, -0.25) is 4.79 Å². The SMILES string of the molecule is CC(c1ccco1)N(C)C(=O)c1cc(F)ccc1F. The molecule has 0 fully saturated rings. The molecule has 3 nitrogen and oxygen atoms in total. The van der Waals surface area contributed by atoms with Gasteiger partial charge in [0.25, 0.3) is 5.91 Å². The zero-order valence-corrected chi connectivity index (χ0v) is 10.6. The lowest BCUT2D eigenvalue weighted by molar-refractivity contribution is 0.0721. The Morgan fingerprint density at radius 3 is 2.68 bits per heavy atom. The molecule has 100 valence electrons. The maximum absolute atomic E-state index is 13.5. The van der Waals surface area contributed by atoms with Gasteiger partial charge in [0, 0.05) is 7.05 Å². The number of furan rings is 1. The number of hydrogen-bond donors (Lipinski definition) is 0. The van der Waals surface area contributed by atoms with E-state index in [0.717, 1.165) is 18.2 Å². The zero-order chi connectivity index (χ0) is 14.0. The van der Waals surface area contributed by atoms with Crippen LogP contribution in [0, 0.1) is 11.6 Å². The van der Waals surface area contributed by atoms with Gasteiger partial charge in [-0.2, -0.15) is 0 Å². The van der Waals surface area contributed by atoms with E-state index in [0.29, 0.717) is 5.76 Å². The fraction of sp³-hybridized carbons (Fsp3) is 0.214. The standard InChI is InChI=1S/C14H13F2NO2/c1-9(13-4-3-7-19-13)17(2)14(18)11-8-10(15)5-6-12(11)16/h3-9H,1-2H3. The third-order valence-electron chi connectivity index (χ3n) is 3.02. The maximum Gasteiger partial charge on any atom is 0.257 e. The van der Waals surface area contributed by atoms with E-state index in [-0.39, 0.29) is 11.6 Å². The van der Waals surface area contributed by atoms with Crippen LogP contribution in [0.25, 0.3) is 0 Å². The average Bonchev–Trinajstić information content (AvgIpc) is 2.93. The second kappa shape index (κ2) is 5.22. The van der Waals surface area contributed by atoms with Gasteiger partial charge in [-0.05, 0) is 37.3 Å². The Bertz CT molecular complexity index is 581. The second-order valence-corrected chi connectivity index (χ2v) is 4.23. The summed E-state index contributed by atoms with van der Waals surface area (Å²) in [5.41, 5.74) is -0.291. The summed E-state index contributed by atoms with van der Waals surface area (Å²) in [7, 11) is 1.51. The van der Waals surface area contributed by atoms with E-state index in [2.05, 4.69) is 0 Å². The largest absolute Gasteiger partial charge is 0.467 e. The van der Waals surface area contributed by atoms with E-state index in [1.54, 1.807) is 19.1 Å². The summed E-state index contributed by atoms with van der Waals surface area (Å²) < 4.78 is 31.8. The Hall–Kier alpha value is -2.17. The number of benzene rings is 1. The molecule has 0 aliphatic rings. The fourth-order valence-corrected chi connectivity index (χ4v) is 1.75. The van der Waals surface area contributed by atoms with Crippen LogP contribution < -0.4 is 0 Å². The number of carbonyl (C=O) groups excluding carboxylic acids is 1. The lowest BCUT2D eigenvalue weighted by atomic mass is 10.1. The summed E-state index contributed by atoms with van der Waals surface area (Å²) in [5.74, 6) is -1.41. The fourth-order valence-electron chi connectivity index (χ4n) is 1.75. The van der Waals surface area contributed by atoms with Crippen LogP contribution in [0.15, 0.2) is 41.0 Å². The molecule has 1 atom stereocenters. The van der Waals surface area contributed by atoms with Gasteiger partial charge in [-0.1, -0.05) is 0 Å². The van der Waals surface area contributed by atoms with E-state index < -0.39 is 17.5 Å². The molecule has 0 bridgehead atoms. The Morgan fingerprint density at radius 1 is 1.32 bits per heavy atom. The van der Waals surface area contributed by atoms with Crippen molar-refractivity contribution in [2.24, 2.45) is 0 Å². The number of nitrogens with zero attached hydrogens (tertiary/aromatic N) is 1. The van der Waals surface area contributed by atoms with Gasteiger partial charge < -0.3 is 9.32 Å². The van der Waals surface area contributed by atoms with Crippen LogP contribution in [0.4, 0.5) is 8.78 Å². The molecule has 1 aromatic heterocycles. The molecular weight excluding hydrogens is 252 g/mol. The Balaban J connectivity index is 2.26. The van der Waals surface area contributed by atoms with Crippen molar-refractivity contribution in [2.45, 2.75) is 13.0 Å². The van der Waals surface area contributed by atoms with E-state index in [1.165, 1.54) is 18.2 Å². The lowest BCUT2D eigenvalue weighted by Crippen LogP contribution is -2.30. The molecule has 1 aromatic carbocycles. The minimum atomic E-state index is -0.745. The van der Waals surface area contributed by atoms with Crippen molar-refractivity contribution < 1.29 is 18.0 Å². The zero-order valence-electron chi connectivity index (χ0n) is 10.6. The van der Waals surface area contributed by atoms with E-state index in [1.807, 2.05) is 0 Å². The van der Waals surface area contributed by atoms with Crippen molar-refractivity contribution in [2.75, 3.05) is 7.05 Å². The summed E-state index contributed by atoms with van der Waals surface area (Å²) in [6.45, 7) is 1.74. The van der Waals surface area contributed by atoms with E-state index in [4.69, 9.17) is 4.42 Å². The first-order valence-corrected chi connectivity index (χ1v) is 5.76. The van der Waals surface area contributed by atoms with E-state index >= 15 is 0 Å². The van der Waals surface area contributed by atoms with Crippen LogP contribution in [0.3, 0.4) is 0 Å². The van der Waals surface area contributed by atoms with Gasteiger partial charge >= 0.3 is 0 Å². The molecule has 0 radical (unpaired) electrons.